The minimum absolute atomic E-state index is 0.158. The average Bonchev–Trinajstić information content (AvgIpc) is 3.13. The lowest BCUT2D eigenvalue weighted by atomic mass is 10.1. The second kappa shape index (κ2) is 9.79. The second-order valence-electron chi connectivity index (χ2n) is 6.50. The fraction of sp³-hybridized carbons (Fsp3) is 0.526. The molecule has 2 rings (SSSR count). The number of hydrogen-bond donors (Lipinski definition) is 2. The van der Waals surface area contributed by atoms with E-state index in [1.807, 2.05) is 37.3 Å². The monoisotopic (exact) mass is 361 g/mol. The molecule has 0 aliphatic carbocycles. The summed E-state index contributed by atoms with van der Waals surface area (Å²) in [5, 5.41) is 2.69. The number of likely N-dealkylation sites (tertiary alicyclic amines) is 1. The van der Waals surface area contributed by atoms with Gasteiger partial charge in [0.05, 0.1) is 0 Å². The van der Waals surface area contributed by atoms with Crippen LogP contribution in [0.15, 0.2) is 30.3 Å². The van der Waals surface area contributed by atoms with Crippen LogP contribution in [0.4, 0.5) is 4.79 Å². The van der Waals surface area contributed by atoms with Crippen LogP contribution in [0.25, 0.3) is 0 Å². The maximum absolute atomic E-state index is 12.5. The molecule has 0 unspecified atom stereocenters. The number of unbranched alkanes of at least 4 members (excludes halogenated alkanes) is 1. The van der Waals surface area contributed by atoms with Crippen LogP contribution in [0.1, 0.15) is 44.6 Å². The van der Waals surface area contributed by atoms with Crippen LogP contribution >= 0.6 is 0 Å². The van der Waals surface area contributed by atoms with Crippen molar-refractivity contribution in [3.8, 4) is 0 Å². The molecule has 2 atom stereocenters. The van der Waals surface area contributed by atoms with Gasteiger partial charge in [0.25, 0.3) is 0 Å². The van der Waals surface area contributed by atoms with Crippen LogP contribution in [-0.2, 0) is 20.9 Å². The van der Waals surface area contributed by atoms with Crippen molar-refractivity contribution in [3.05, 3.63) is 35.9 Å². The lowest BCUT2D eigenvalue weighted by Gasteiger charge is -2.25. The molecule has 26 heavy (non-hydrogen) atoms. The quantitative estimate of drug-likeness (QED) is 0.739. The van der Waals surface area contributed by atoms with Crippen LogP contribution in [0.2, 0.25) is 0 Å². The first kappa shape index (κ1) is 19.8. The van der Waals surface area contributed by atoms with E-state index in [9.17, 15) is 14.4 Å². The zero-order chi connectivity index (χ0) is 18.9. The van der Waals surface area contributed by atoms with E-state index in [-0.39, 0.29) is 12.5 Å². The summed E-state index contributed by atoms with van der Waals surface area (Å²) < 4.78 is 5.33. The third-order valence-corrected chi connectivity index (χ3v) is 4.50. The number of carbonyl (C=O) groups excluding carboxylic acids is 3. The van der Waals surface area contributed by atoms with Gasteiger partial charge in [-0.2, -0.15) is 0 Å². The molecule has 3 amide bonds. The number of hydrogen-bond acceptors (Lipinski definition) is 4. The Morgan fingerprint density at radius 3 is 2.69 bits per heavy atom. The van der Waals surface area contributed by atoms with Crippen LogP contribution in [0, 0.1) is 0 Å². The first-order valence-electron chi connectivity index (χ1n) is 9.10. The van der Waals surface area contributed by atoms with Gasteiger partial charge in [0.15, 0.2) is 0 Å². The summed E-state index contributed by atoms with van der Waals surface area (Å²) >= 11 is 0. The molecular weight excluding hydrogens is 334 g/mol. The highest BCUT2D eigenvalue weighted by atomic mass is 16.6. The lowest BCUT2D eigenvalue weighted by molar-refractivity contribution is -0.130. The van der Waals surface area contributed by atoms with Crippen LogP contribution < -0.4 is 11.1 Å². The van der Waals surface area contributed by atoms with E-state index < -0.39 is 24.1 Å². The topological polar surface area (TPSA) is 102 Å². The van der Waals surface area contributed by atoms with Crippen molar-refractivity contribution in [2.24, 2.45) is 5.73 Å². The summed E-state index contributed by atoms with van der Waals surface area (Å²) in [6.45, 7) is 2.62. The van der Waals surface area contributed by atoms with E-state index >= 15 is 0 Å². The minimum atomic E-state index is -0.703. The fourth-order valence-corrected chi connectivity index (χ4v) is 3.02. The molecule has 0 saturated carbocycles. The average molecular weight is 361 g/mol. The molecule has 0 bridgehead atoms. The van der Waals surface area contributed by atoms with Crippen molar-refractivity contribution in [1.29, 1.82) is 0 Å². The van der Waals surface area contributed by atoms with Crippen LogP contribution in [-0.4, -0.2) is 41.4 Å². The van der Waals surface area contributed by atoms with Gasteiger partial charge in [-0.3, -0.25) is 14.5 Å². The number of amides is 3. The Labute approximate surface area is 153 Å². The number of rotatable bonds is 8. The smallest absolute Gasteiger partial charge is 0.410 e. The molecule has 7 heteroatoms. The van der Waals surface area contributed by atoms with Crippen LogP contribution in [0.3, 0.4) is 0 Å². The van der Waals surface area contributed by atoms with Gasteiger partial charge < -0.3 is 15.8 Å². The van der Waals surface area contributed by atoms with E-state index in [1.54, 1.807) is 0 Å². The Balaban J connectivity index is 1.91. The number of nitrogens with one attached hydrogen (secondary N) is 1. The molecule has 1 fully saturated rings. The predicted molar refractivity (Wildman–Crippen MR) is 97.0 cm³/mol. The Hall–Kier alpha value is -2.57. The Kier molecular flexibility index (Phi) is 7.44. The summed E-state index contributed by atoms with van der Waals surface area (Å²) in [4.78, 5) is 37.9. The highest BCUT2D eigenvalue weighted by Gasteiger charge is 2.36. The first-order valence-corrected chi connectivity index (χ1v) is 9.10. The molecule has 1 aromatic carbocycles. The molecule has 1 aliphatic rings. The highest BCUT2D eigenvalue weighted by Crippen LogP contribution is 2.19. The van der Waals surface area contributed by atoms with Crippen molar-refractivity contribution < 1.29 is 19.1 Å². The molecule has 3 N–H and O–H groups in total. The molecule has 1 aliphatic heterocycles. The van der Waals surface area contributed by atoms with E-state index in [2.05, 4.69) is 5.32 Å². The standard InChI is InChI=1S/C19H27N3O4/c1-2-3-10-15(17(20)23)21-18(24)16-11-7-12-22(16)19(25)26-13-14-8-5-4-6-9-14/h4-6,8-9,15-16H,2-3,7,10-13H2,1H3,(H2,20,23)(H,21,24)/t15-,16+/m0/s1. The third kappa shape index (κ3) is 5.47. The summed E-state index contributed by atoms with van der Waals surface area (Å²) in [6.07, 6.45) is 2.95. The minimum Gasteiger partial charge on any atom is -0.445 e. The number of ether oxygens (including phenoxy) is 1. The van der Waals surface area contributed by atoms with Crippen molar-refractivity contribution in [1.82, 2.24) is 10.2 Å². The Bertz CT molecular complexity index is 620. The molecule has 1 saturated heterocycles. The Morgan fingerprint density at radius 2 is 2.04 bits per heavy atom. The van der Waals surface area contributed by atoms with Crippen molar-refractivity contribution >= 4 is 17.9 Å². The number of carbonyl (C=O) groups is 3. The summed E-state index contributed by atoms with van der Waals surface area (Å²) in [5.74, 6) is -0.901. The molecule has 0 radical (unpaired) electrons. The predicted octanol–water partition coefficient (Wildman–Crippen LogP) is 1.95. The first-order chi connectivity index (χ1) is 12.5. The zero-order valence-corrected chi connectivity index (χ0v) is 15.1. The molecule has 142 valence electrons. The second-order valence-corrected chi connectivity index (χ2v) is 6.50. The SMILES string of the molecule is CCCC[C@H](NC(=O)[C@H]1CCCN1C(=O)OCc1ccccc1)C(N)=O. The normalized spacial score (nSPS) is 17.6. The van der Waals surface area contributed by atoms with Gasteiger partial charge in [0, 0.05) is 6.54 Å². The van der Waals surface area contributed by atoms with Gasteiger partial charge in [0.1, 0.15) is 18.7 Å². The number of benzene rings is 1. The van der Waals surface area contributed by atoms with Gasteiger partial charge in [-0.05, 0) is 24.8 Å². The molecule has 0 aromatic heterocycles. The van der Waals surface area contributed by atoms with Gasteiger partial charge in [-0.1, -0.05) is 50.1 Å². The Morgan fingerprint density at radius 1 is 1.31 bits per heavy atom. The van der Waals surface area contributed by atoms with Crippen molar-refractivity contribution in [2.45, 2.75) is 57.7 Å². The zero-order valence-electron chi connectivity index (χ0n) is 15.1. The molecule has 1 aromatic rings. The molecule has 7 nitrogen and oxygen atoms in total. The summed E-state index contributed by atoms with van der Waals surface area (Å²) in [7, 11) is 0. The van der Waals surface area contributed by atoms with Crippen LogP contribution in [0.5, 0.6) is 0 Å². The van der Waals surface area contributed by atoms with E-state index in [0.29, 0.717) is 25.8 Å². The van der Waals surface area contributed by atoms with Gasteiger partial charge >= 0.3 is 6.09 Å². The molecular formula is C19H27N3O4. The van der Waals surface area contributed by atoms with E-state index in [1.165, 1.54) is 4.90 Å². The molecule has 0 spiro atoms. The highest BCUT2D eigenvalue weighted by molar-refractivity contribution is 5.91. The number of nitrogens with two attached hydrogens (primary N) is 1. The summed E-state index contributed by atoms with van der Waals surface area (Å²) in [6, 6.07) is 8.04. The van der Waals surface area contributed by atoms with Gasteiger partial charge in [-0.15, -0.1) is 0 Å². The van der Waals surface area contributed by atoms with Crippen molar-refractivity contribution in [3.63, 3.8) is 0 Å². The maximum atomic E-state index is 12.5. The summed E-state index contributed by atoms with van der Waals surface area (Å²) in [5.41, 5.74) is 6.26. The fourth-order valence-electron chi connectivity index (χ4n) is 3.02. The largest absolute Gasteiger partial charge is 0.445 e. The lowest BCUT2D eigenvalue weighted by Crippen LogP contribution is -2.52. The molecule has 1 heterocycles. The van der Waals surface area contributed by atoms with Gasteiger partial charge in [-0.25, -0.2) is 4.79 Å². The van der Waals surface area contributed by atoms with E-state index in [0.717, 1.165) is 18.4 Å². The maximum Gasteiger partial charge on any atom is 0.410 e. The van der Waals surface area contributed by atoms with E-state index in [4.69, 9.17) is 10.5 Å². The number of primary amides is 1. The number of nitrogens with zero attached hydrogens (tertiary/aromatic N) is 1. The third-order valence-electron chi connectivity index (χ3n) is 4.50. The van der Waals surface area contributed by atoms with Gasteiger partial charge in [0.2, 0.25) is 11.8 Å². The van der Waals surface area contributed by atoms with Crippen molar-refractivity contribution in [2.75, 3.05) is 6.54 Å².